The lowest BCUT2D eigenvalue weighted by molar-refractivity contribution is 0.0945. The molecule has 2 heterocycles. The van der Waals surface area contributed by atoms with Gasteiger partial charge in [0.05, 0.1) is 10.7 Å². The first-order valence-electron chi connectivity index (χ1n) is 7.09. The van der Waals surface area contributed by atoms with E-state index < -0.39 is 0 Å². The van der Waals surface area contributed by atoms with Crippen LogP contribution in [-0.4, -0.2) is 33.7 Å². The maximum atomic E-state index is 12.1. The number of rotatable bonds is 7. The van der Waals surface area contributed by atoms with E-state index in [1.807, 2.05) is 36.2 Å². The van der Waals surface area contributed by atoms with Crippen molar-refractivity contribution in [3.8, 4) is 11.3 Å². The first kappa shape index (κ1) is 15.7. The Bertz CT molecular complexity index is 604. The van der Waals surface area contributed by atoms with Crippen LogP contribution in [0.25, 0.3) is 11.3 Å². The van der Waals surface area contributed by atoms with Crippen molar-refractivity contribution in [1.82, 2.24) is 14.9 Å². The summed E-state index contributed by atoms with van der Waals surface area (Å²) in [6.07, 6.45) is 4.52. The van der Waals surface area contributed by atoms with Crippen molar-refractivity contribution in [2.24, 2.45) is 7.05 Å². The van der Waals surface area contributed by atoms with Crippen molar-refractivity contribution in [3.05, 3.63) is 28.3 Å². The minimum absolute atomic E-state index is 0.0697. The van der Waals surface area contributed by atoms with Crippen molar-refractivity contribution in [1.29, 1.82) is 0 Å². The van der Waals surface area contributed by atoms with Gasteiger partial charge >= 0.3 is 0 Å². The van der Waals surface area contributed by atoms with Gasteiger partial charge < -0.3 is 15.0 Å². The summed E-state index contributed by atoms with van der Waals surface area (Å²) in [5.74, 6) is -0.0697. The summed E-state index contributed by atoms with van der Waals surface area (Å²) in [5.41, 5.74) is 2.51. The first-order valence-corrected chi connectivity index (χ1v) is 7.97. The molecule has 0 aromatic carbocycles. The molecule has 0 spiro atoms. The van der Waals surface area contributed by atoms with Crippen LogP contribution in [0.3, 0.4) is 0 Å². The molecule has 0 aliphatic rings. The Kier molecular flexibility index (Phi) is 5.52. The molecule has 0 saturated carbocycles. The second-order valence-corrected chi connectivity index (χ2v) is 6.08. The van der Waals surface area contributed by atoms with Crippen molar-refractivity contribution in [3.63, 3.8) is 0 Å². The third-order valence-electron chi connectivity index (χ3n) is 3.27. The summed E-state index contributed by atoms with van der Waals surface area (Å²) in [7, 11) is 1.86. The molecule has 2 aromatic heterocycles. The Hall–Kier alpha value is -1.66. The summed E-state index contributed by atoms with van der Waals surface area (Å²) in [5, 5.41) is 14.6. The second kappa shape index (κ2) is 7.38. The quantitative estimate of drug-likeness (QED) is 0.772. The average molecular weight is 307 g/mol. The van der Waals surface area contributed by atoms with E-state index in [0.717, 1.165) is 35.5 Å². The van der Waals surface area contributed by atoms with Gasteiger partial charge in [-0.15, -0.1) is 11.3 Å². The van der Waals surface area contributed by atoms with Gasteiger partial charge in [-0.3, -0.25) is 4.79 Å². The lowest BCUT2D eigenvalue weighted by atomic mass is 10.2. The molecule has 114 valence electrons. The molecular formula is C15H21N3O2S. The molecular weight excluding hydrogens is 286 g/mol. The number of aliphatic hydroxyl groups excluding tert-OH is 1. The van der Waals surface area contributed by atoms with E-state index in [0.29, 0.717) is 12.2 Å². The number of thiazole rings is 1. The second-order valence-electron chi connectivity index (χ2n) is 5.02. The number of carbonyl (C=O) groups is 1. The van der Waals surface area contributed by atoms with Crippen LogP contribution in [-0.2, 0) is 7.05 Å². The molecule has 0 fully saturated rings. The zero-order valence-corrected chi connectivity index (χ0v) is 13.2. The highest BCUT2D eigenvalue weighted by atomic mass is 32.1. The number of hydrogen-bond acceptors (Lipinski definition) is 4. The third kappa shape index (κ3) is 4.15. The molecule has 0 unspecified atom stereocenters. The van der Waals surface area contributed by atoms with E-state index in [-0.39, 0.29) is 12.5 Å². The van der Waals surface area contributed by atoms with Crippen LogP contribution in [0.15, 0.2) is 17.6 Å². The fraction of sp³-hybridized carbons (Fsp3) is 0.467. The van der Waals surface area contributed by atoms with Crippen molar-refractivity contribution in [2.75, 3.05) is 13.2 Å². The van der Waals surface area contributed by atoms with Gasteiger partial charge in [0.15, 0.2) is 0 Å². The highest BCUT2D eigenvalue weighted by Crippen LogP contribution is 2.23. The lowest BCUT2D eigenvalue weighted by Gasteiger charge is -2.05. The molecule has 0 bridgehead atoms. The molecule has 1 amide bonds. The van der Waals surface area contributed by atoms with Crippen LogP contribution in [0, 0.1) is 6.92 Å². The maximum Gasteiger partial charge on any atom is 0.267 e. The average Bonchev–Trinajstić information content (AvgIpc) is 3.04. The summed E-state index contributed by atoms with van der Waals surface area (Å²) in [4.78, 5) is 16.6. The zero-order valence-electron chi connectivity index (χ0n) is 12.4. The zero-order chi connectivity index (χ0) is 15.2. The Balaban J connectivity index is 1.97. The summed E-state index contributed by atoms with van der Waals surface area (Å²) >= 11 is 1.60. The highest BCUT2D eigenvalue weighted by Gasteiger charge is 2.13. The van der Waals surface area contributed by atoms with Crippen molar-refractivity contribution in [2.45, 2.75) is 26.2 Å². The van der Waals surface area contributed by atoms with Gasteiger partial charge in [0, 0.05) is 37.3 Å². The number of aliphatic hydroxyl groups is 1. The van der Waals surface area contributed by atoms with E-state index >= 15 is 0 Å². The lowest BCUT2D eigenvalue weighted by Crippen LogP contribution is -2.26. The van der Waals surface area contributed by atoms with Gasteiger partial charge in [0.1, 0.15) is 5.69 Å². The number of hydrogen-bond donors (Lipinski definition) is 2. The number of aromatic nitrogens is 2. The predicted molar refractivity (Wildman–Crippen MR) is 84.5 cm³/mol. The van der Waals surface area contributed by atoms with Gasteiger partial charge in [-0.05, 0) is 32.3 Å². The number of aryl methyl sites for hydroxylation is 2. The van der Waals surface area contributed by atoms with E-state index in [2.05, 4.69) is 10.3 Å². The number of nitrogens with zero attached hydrogens (tertiary/aromatic N) is 2. The van der Waals surface area contributed by atoms with Crippen LogP contribution < -0.4 is 5.32 Å². The topological polar surface area (TPSA) is 67.2 Å². The molecule has 2 aromatic rings. The Morgan fingerprint density at radius 3 is 2.90 bits per heavy atom. The van der Waals surface area contributed by atoms with Gasteiger partial charge in [0.25, 0.3) is 5.91 Å². The predicted octanol–water partition coefficient (Wildman–Crippen LogP) is 2.35. The van der Waals surface area contributed by atoms with Gasteiger partial charge in [0.2, 0.25) is 0 Å². The van der Waals surface area contributed by atoms with E-state index in [1.54, 1.807) is 11.3 Å². The largest absolute Gasteiger partial charge is 0.396 e. The van der Waals surface area contributed by atoms with Crippen LogP contribution in [0.1, 0.15) is 34.8 Å². The van der Waals surface area contributed by atoms with Crippen molar-refractivity contribution < 1.29 is 9.90 Å². The van der Waals surface area contributed by atoms with Crippen molar-refractivity contribution >= 4 is 17.2 Å². The van der Waals surface area contributed by atoms with Gasteiger partial charge in [-0.25, -0.2) is 4.98 Å². The number of unbranched alkanes of at least 4 members (excludes halogenated alkanes) is 2. The molecule has 21 heavy (non-hydrogen) atoms. The Morgan fingerprint density at radius 1 is 1.43 bits per heavy atom. The van der Waals surface area contributed by atoms with Gasteiger partial charge in [-0.2, -0.15) is 0 Å². The smallest absolute Gasteiger partial charge is 0.267 e. The molecule has 0 saturated heterocycles. The van der Waals surface area contributed by atoms with E-state index in [1.165, 1.54) is 0 Å². The summed E-state index contributed by atoms with van der Waals surface area (Å²) in [6.45, 7) is 2.81. The molecule has 0 aliphatic carbocycles. The minimum Gasteiger partial charge on any atom is -0.396 e. The first-order chi connectivity index (χ1) is 10.1. The summed E-state index contributed by atoms with van der Waals surface area (Å²) in [6, 6.07) is 1.87. The van der Waals surface area contributed by atoms with E-state index in [4.69, 9.17) is 5.11 Å². The number of carbonyl (C=O) groups excluding carboxylic acids is 1. The molecule has 0 aliphatic heterocycles. The summed E-state index contributed by atoms with van der Waals surface area (Å²) < 4.78 is 1.83. The molecule has 0 atom stereocenters. The highest BCUT2D eigenvalue weighted by molar-refractivity contribution is 7.09. The Morgan fingerprint density at radius 2 is 2.24 bits per heavy atom. The molecule has 2 rings (SSSR count). The van der Waals surface area contributed by atoms with Crippen LogP contribution in [0.2, 0.25) is 0 Å². The van der Waals surface area contributed by atoms with Gasteiger partial charge in [-0.1, -0.05) is 0 Å². The SMILES string of the molecule is Cc1nc(-c2cc(C(=O)NCCCCCO)n(C)c2)cs1. The maximum absolute atomic E-state index is 12.1. The number of amides is 1. The third-order valence-corrected chi connectivity index (χ3v) is 4.05. The molecule has 0 radical (unpaired) electrons. The van der Waals surface area contributed by atoms with E-state index in [9.17, 15) is 4.79 Å². The fourth-order valence-electron chi connectivity index (χ4n) is 2.13. The van der Waals surface area contributed by atoms with Crippen LogP contribution >= 0.6 is 11.3 Å². The molecule has 5 nitrogen and oxygen atoms in total. The Labute approximate surface area is 128 Å². The monoisotopic (exact) mass is 307 g/mol. The minimum atomic E-state index is -0.0697. The fourth-order valence-corrected chi connectivity index (χ4v) is 2.75. The molecule has 6 heteroatoms. The normalized spacial score (nSPS) is 10.8. The number of nitrogens with one attached hydrogen (secondary N) is 1. The van der Waals surface area contributed by atoms with Crippen LogP contribution in [0.5, 0.6) is 0 Å². The standard InChI is InChI=1S/C15H21N3O2S/c1-11-17-13(10-21-11)12-8-14(18(2)9-12)15(20)16-6-4-3-5-7-19/h8-10,19H,3-7H2,1-2H3,(H,16,20). The molecule has 2 N–H and O–H groups in total. The van der Waals surface area contributed by atoms with Crippen LogP contribution in [0.4, 0.5) is 0 Å².